The molecule has 1 aromatic heterocycles. The van der Waals surface area contributed by atoms with E-state index >= 15 is 0 Å². The highest BCUT2D eigenvalue weighted by Crippen LogP contribution is 2.23. The molecule has 1 aliphatic rings. The molecular formula is C24H28N4O3S. The Bertz CT molecular complexity index is 1150. The molecule has 1 amide bonds. The Morgan fingerprint density at radius 2 is 1.75 bits per heavy atom. The third-order valence-electron chi connectivity index (χ3n) is 5.85. The van der Waals surface area contributed by atoms with Gasteiger partial charge >= 0.3 is 0 Å². The van der Waals surface area contributed by atoms with Gasteiger partial charge in [0, 0.05) is 31.4 Å². The van der Waals surface area contributed by atoms with E-state index in [9.17, 15) is 13.2 Å². The molecule has 0 atom stereocenters. The van der Waals surface area contributed by atoms with Crippen LogP contribution >= 0.6 is 0 Å². The molecule has 1 N–H and O–H groups in total. The van der Waals surface area contributed by atoms with Crippen LogP contribution in [-0.4, -0.2) is 48.0 Å². The normalized spacial score (nSPS) is 15.5. The average Bonchev–Trinajstić information content (AvgIpc) is 3.29. The summed E-state index contributed by atoms with van der Waals surface area (Å²) in [6.07, 6.45) is 6.15. The van der Waals surface area contributed by atoms with E-state index in [1.807, 2.05) is 36.5 Å². The number of benzene rings is 2. The van der Waals surface area contributed by atoms with Crippen molar-refractivity contribution in [2.24, 2.45) is 5.92 Å². The fourth-order valence-electron chi connectivity index (χ4n) is 3.79. The van der Waals surface area contributed by atoms with Crippen molar-refractivity contribution < 1.29 is 13.2 Å². The van der Waals surface area contributed by atoms with Crippen LogP contribution in [0.2, 0.25) is 0 Å². The second kappa shape index (κ2) is 9.67. The average molecular weight is 453 g/mol. The summed E-state index contributed by atoms with van der Waals surface area (Å²) in [6, 6.07) is 16.0. The molecule has 4 rings (SSSR count). The van der Waals surface area contributed by atoms with Gasteiger partial charge in [-0.05, 0) is 67.1 Å². The minimum absolute atomic E-state index is 0.226. The number of carbonyl (C=O) groups is 1. The third-order valence-corrected chi connectivity index (χ3v) is 7.77. The smallest absolute Gasteiger partial charge is 0.251 e. The molecule has 2 aromatic carbocycles. The lowest BCUT2D eigenvalue weighted by Gasteiger charge is -2.29. The van der Waals surface area contributed by atoms with Gasteiger partial charge in [-0.3, -0.25) is 4.79 Å². The first-order chi connectivity index (χ1) is 15.4. The fourth-order valence-corrected chi connectivity index (χ4v) is 5.26. The monoisotopic (exact) mass is 452 g/mol. The summed E-state index contributed by atoms with van der Waals surface area (Å²) in [4.78, 5) is 12.7. The second-order valence-electron chi connectivity index (χ2n) is 8.25. The van der Waals surface area contributed by atoms with Crippen LogP contribution in [0, 0.1) is 5.92 Å². The topological polar surface area (TPSA) is 84.3 Å². The molecule has 1 saturated heterocycles. The quantitative estimate of drug-likeness (QED) is 0.596. The number of amides is 1. The zero-order valence-electron chi connectivity index (χ0n) is 18.1. The molecule has 0 saturated carbocycles. The van der Waals surface area contributed by atoms with Crippen molar-refractivity contribution in [1.29, 1.82) is 0 Å². The van der Waals surface area contributed by atoms with Crippen LogP contribution in [0.3, 0.4) is 0 Å². The van der Waals surface area contributed by atoms with Crippen LogP contribution in [0.25, 0.3) is 5.69 Å². The number of para-hydroxylation sites is 1. The molecule has 0 bridgehead atoms. The maximum Gasteiger partial charge on any atom is 0.251 e. The minimum Gasteiger partial charge on any atom is -0.352 e. The first-order valence-electron chi connectivity index (χ1n) is 10.9. The number of sulfonamides is 1. The van der Waals surface area contributed by atoms with E-state index in [1.165, 1.54) is 16.4 Å². The molecule has 0 unspecified atom stereocenters. The second-order valence-corrected chi connectivity index (χ2v) is 10.2. The van der Waals surface area contributed by atoms with E-state index in [-0.39, 0.29) is 10.8 Å². The summed E-state index contributed by atoms with van der Waals surface area (Å²) >= 11 is 0. The Hall–Kier alpha value is -2.97. The Morgan fingerprint density at radius 3 is 2.44 bits per heavy atom. The van der Waals surface area contributed by atoms with Gasteiger partial charge < -0.3 is 5.32 Å². The van der Waals surface area contributed by atoms with Gasteiger partial charge in [0.2, 0.25) is 10.0 Å². The van der Waals surface area contributed by atoms with Crippen molar-refractivity contribution in [3.05, 3.63) is 78.1 Å². The summed E-state index contributed by atoms with van der Waals surface area (Å²) in [7, 11) is -3.51. The molecule has 3 aromatic rings. The Kier molecular flexibility index (Phi) is 6.72. The van der Waals surface area contributed by atoms with Crippen LogP contribution in [0.4, 0.5) is 0 Å². The molecule has 0 radical (unpaired) electrons. The van der Waals surface area contributed by atoms with E-state index in [0.717, 1.165) is 24.1 Å². The molecule has 32 heavy (non-hydrogen) atoms. The van der Waals surface area contributed by atoms with Gasteiger partial charge in [0.15, 0.2) is 0 Å². The molecule has 0 spiro atoms. The fraction of sp³-hybridized carbons (Fsp3) is 0.333. The number of nitrogens with zero attached hydrogens (tertiary/aromatic N) is 3. The van der Waals surface area contributed by atoms with E-state index in [4.69, 9.17) is 0 Å². The maximum atomic E-state index is 12.8. The van der Waals surface area contributed by atoms with Gasteiger partial charge in [0.25, 0.3) is 5.91 Å². The van der Waals surface area contributed by atoms with E-state index in [0.29, 0.717) is 37.5 Å². The number of aromatic nitrogens is 2. The van der Waals surface area contributed by atoms with Crippen LogP contribution < -0.4 is 5.32 Å². The SMILES string of the molecule is CC1CCN(S(=O)(=O)c2ccc(C(=O)NCCc3cnn(-c4ccccc4)c3)cc2)CC1. The maximum absolute atomic E-state index is 12.8. The molecule has 1 aliphatic heterocycles. The van der Waals surface area contributed by atoms with Crippen LogP contribution in [0.15, 0.2) is 71.9 Å². The van der Waals surface area contributed by atoms with Crippen molar-refractivity contribution in [3.63, 3.8) is 0 Å². The zero-order valence-corrected chi connectivity index (χ0v) is 19.0. The number of rotatable bonds is 7. The highest BCUT2D eigenvalue weighted by Gasteiger charge is 2.28. The summed E-state index contributed by atoms with van der Waals surface area (Å²) in [6.45, 7) is 3.71. The van der Waals surface area contributed by atoms with Crippen molar-refractivity contribution >= 4 is 15.9 Å². The molecule has 8 heteroatoms. The summed E-state index contributed by atoms with van der Waals surface area (Å²) in [5.41, 5.74) is 2.44. The first-order valence-corrected chi connectivity index (χ1v) is 12.3. The Balaban J connectivity index is 1.31. The van der Waals surface area contributed by atoms with Crippen molar-refractivity contribution in [2.45, 2.75) is 31.1 Å². The van der Waals surface area contributed by atoms with Gasteiger partial charge in [-0.15, -0.1) is 0 Å². The first kappa shape index (κ1) is 22.2. The zero-order chi connectivity index (χ0) is 22.6. The molecule has 168 valence electrons. The van der Waals surface area contributed by atoms with Crippen LogP contribution in [0.1, 0.15) is 35.7 Å². The Morgan fingerprint density at radius 1 is 1.06 bits per heavy atom. The number of hydrogen-bond acceptors (Lipinski definition) is 4. The van der Waals surface area contributed by atoms with Gasteiger partial charge in [-0.25, -0.2) is 13.1 Å². The summed E-state index contributed by atoms with van der Waals surface area (Å²) in [5, 5.41) is 7.25. The highest BCUT2D eigenvalue weighted by atomic mass is 32.2. The largest absolute Gasteiger partial charge is 0.352 e. The van der Waals surface area contributed by atoms with Gasteiger partial charge in [0.1, 0.15) is 0 Å². The van der Waals surface area contributed by atoms with Crippen LogP contribution in [-0.2, 0) is 16.4 Å². The van der Waals surface area contributed by atoms with E-state index in [2.05, 4.69) is 17.3 Å². The molecular weight excluding hydrogens is 424 g/mol. The minimum atomic E-state index is -3.51. The van der Waals surface area contributed by atoms with Crippen LogP contribution in [0.5, 0.6) is 0 Å². The number of piperidine rings is 1. The third kappa shape index (κ3) is 5.08. The van der Waals surface area contributed by atoms with Crippen molar-refractivity contribution in [3.8, 4) is 5.69 Å². The lowest BCUT2D eigenvalue weighted by atomic mass is 10.0. The predicted molar refractivity (Wildman–Crippen MR) is 123 cm³/mol. The van der Waals surface area contributed by atoms with Gasteiger partial charge in [0.05, 0.1) is 16.8 Å². The highest BCUT2D eigenvalue weighted by molar-refractivity contribution is 7.89. The molecule has 0 aliphatic carbocycles. The standard InChI is InChI=1S/C24H28N4O3S/c1-19-12-15-27(16-13-19)32(30,31)23-9-7-21(8-10-23)24(29)25-14-11-20-17-26-28(18-20)22-5-3-2-4-6-22/h2-10,17-19H,11-16H2,1H3,(H,25,29). The van der Waals surface area contributed by atoms with Gasteiger partial charge in [-0.1, -0.05) is 25.1 Å². The van der Waals surface area contributed by atoms with E-state index < -0.39 is 10.0 Å². The summed E-state index contributed by atoms with van der Waals surface area (Å²) in [5.74, 6) is 0.330. The lowest BCUT2D eigenvalue weighted by Crippen LogP contribution is -2.37. The lowest BCUT2D eigenvalue weighted by molar-refractivity contribution is 0.0954. The number of nitrogens with one attached hydrogen (secondary N) is 1. The predicted octanol–water partition coefficient (Wildman–Crippen LogP) is 3.27. The van der Waals surface area contributed by atoms with Gasteiger partial charge in [-0.2, -0.15) is 9.40 Å². The molecule has 7 nitrogen and oxygen atoms in total. The number of hydrogen-bond donors (Lipinski definition) is 1. The summed E-state index contributed by atoms with van der Waals surface area (Å²) < 4.78 is 29.0. The molecule has 2 heterocycles. The van der Waals surface area contributed by atoms with E-state index in [1.54, 1.807) is 23.0 Å². The Labute approximate surface area is 189 Å². The number of carbonyl (C=O) groups excluding carboxylic acids is 1. The van der Waals surface area contributed by atoms with Crippen molar-refractivity contribution in [1.82, 2.24) is 19.4 Å². The molecule has 1 fully saturated rings. The van der Waals surface area contributed by atoms with Crippen molar-refractivity contribution in [2.75, 3.05) is 19.6 Å².